The van der Waals surface area contributed by atoms with Crippen LogP contribution in [0.15, 0.2) is 29.2 Å². The number of benzene rings is 1. The van der Waals surface area contributed by atoms with Crippen LogP contribution in [-0.2, 0) is 9.84 Å². The van der Waals surface area contributed by atoms with Gasteiger partial charge in [0.15, 0.2) is 0 Å². The van der Waals surface area contributed by atoms with Crippen molar-refractivity contribution < 1.29 is 21.6 Å². The Hall–Kier alpha value is -1.28. The topological polar surface area (TPSA) is 72.2 Å². The number of hydrogen-bond donors (Lipinski definition) is 2. The molecule has 19 heavy (non-hydrogen) atoms. The highest BCUT2D eigenvalue weighted by atomic mass is 32.2. The zero-order chi connectivity index (χ0) is 14.9. The Morgan fingerprint density at radius 1 is 1.16 bits per heavy atom. The lowest BCUT2D eigenvalue weighted by atomic mass is 10.1. The van der Waals surface area contributed by atoms with E-state index in [1.807, 2.05) is 13.8 Å². The number of nitrogens with two attached hydrogens (primary N) is 1. The predicted molar refractivity (Wildman–Crippen MR) is 66.4 cm³/mol. The van der Waals surface area contributed by atoms with E-state index in [-0.39, 0.29) is 0 Å². The van der Waals surface area contributed by atoms with Crippen LogP contribution in [0.2, 0.25) is 0 Å². The largest absolute Gasteiger partial charge is 0.501 e. The fourth-order valence-electron chi connectivity index (χ4n) is 1.29. The lowest BCUT2D eigenvalue weighted by Crippen LogP contribution is -2.39. The van der Waals surface area contributed by atoms with Crippen LogP contribution in [0.5, 0.6) is 0 Å². The van der Waals surface area contributed by atoms with E-state index in [2.05, 4.69) is 5.32 Å². The Labute approximate surface area is 109 Å². The summed E-state index contributed by atoms with van der Waals surface area (Å²) >= 11 is 0. The molecule has 1 aromatic carbocycles. The summed E-state index contributed by atoms with van der Waals surface area (Å²) in [5, 5.41) is 2.98. The monoisotopic (exact) mass is 296 g/mol. The minimum atomic E-state index is -5.29. The molecule has 0 radical (unpaired) electrons. The maximum absolute atomic E-state index is 12.3. The molecule has 3 N–H and O–H groups in total. The highest BCUT2D eigenvalue weighted by Gasteiger charge is 2.46. The molecule has 0 fully saturated rings. The molecular weight excluding hydrogens is 281 g/mol. The van der Waals surface area contributed by atoms with Crippen LogP contribution in [0.3, 0.4) is 0 Å². The number of alkyl halides is 3. The molecule has 0 heterocycles. The van der Waals surface area contributed by atoms with Crippen LogP contribution in [0, 0.1) is 0 Å². The van der Waals surface area contributed by atoms with Gasteiger partial charge in [-0.25, -0.2) is 8.42 Å². The van der Waals surface area contributed by atoms with Crippen molar-refractivity contribution in [2.75, 3.05) is 11.9 Å². The number of anilines is 1. The van der Waals surface area contributed by atoms with Gasteiger partial charge in [0, 0.05) is 17.8 Å². The predicted octanol–water partition coefficient (Wildman–Crippen LogP) is 2.13. The van der Waals surface area contributed by atoms with E-state index in [1.165, 1.54) is 12.1 Å². The van der Waals surface area contributed by atoms with Crippen molar-refractivity contribution in [3.8, 4) is 0 Å². The van der Waals surface area contributed by atoms with Gasteiger partial charge in [-0.2, -0.15) is 13.2 Å². The van der Waals surface area contributed by atoms with E-state index in [0.29, 0.717) is 12.2 Å². The average molecular weight is 296 g/mol. The van der Waals surface area contributed by atoms with Crippen molar-refractivity contribution in [1.29, 1.82) is 0 Å². The molecule has 1 rings (SSSR count). The first-order valence-corrected chi connectivity index (χ1v) is 6.87. The Morgan fingerprint density at radius 3 is 2.00 bits per heavy atom. The molecule has 4 nitrogen and oxygen atoms in total. The molecule has 0 aliphatic carbocycles. The standard InChI is InChI=1S/C11H15F3N2O2S/c1-10(2,7-15)16-8-3-5-9(6-4-8)19(17,18)11(12,13)14/h3-6,16H,7,15H2,1-2H3. The van der Waals surface area contributed by atoms with Crippen molar-refractivity contribution in [3.05, 3.63) is 24.3 Å². The van der Waals surface area contributed by atoms with Crippen LogP contribution in [0.4, 0.5) is 18.9 Å². The molecule has 1 aromatic rings. The third kappa shape index (κ3) is 3.60. The fraction of sp³-hybridized carbons (Fsp3) is 0.455. The first-order valence-electron chi connectivity index (χ1n) is 5.39. The number of rotatable bonds is 4. The van der Waals surface area contributed by atoms with Crippen LogP contribution in [0.1, 0.15) is 13.8 Å². The first kappa shape index (κ1) is 15.8. The molecule has 0 aliphatic heterocycles. The van der Waals surface area contributed by atoms with Gasteiger partial charge in [0.1, 0.15) is 0 Å². The van der Waals surface area contributed by atoms with E-state index in [9.17, 15) is 21.6 Å². The van der Waals surface area contributed by atoms with Gasteiger partial charge < -0.3 is 11.1 Å². The first-order chi connectivity index (χ1) is 8.49. The second-order valence-corrected chi connectivity index (χ2v) is 6.63. The summed E-state index contributed by atoms with van der Waals surface area (Å²) in [7, 11) is -5.29. The molecule has 0 bridgehead atoms. The SMILES string of the molecule is CC(C)(CN)Nc1ccc(S(=O)(=O)C(F)(F)F)cc1. The van der Waals surface area contributed by atoms with Crippen molar-refractivity contribution in [3.63, 3.8) is 0 Å². The minimum Gasteiger partial charge on any atom is -0.379 e. The lowest BCUT2D eigenvalue weighted by Gasteiger charge is -2.25. The maximum Gasteiger partial charge on any atom is 0.501 e. The van der Waals surface area contributed by atoms with E-state index >= 15 is 0 Å². The van der Waals surface area contributed by atoms with Gasteiger partial charge in [-0.15, -0.1) is 0 Å². The second kappa shape index (κ2) is 5.01. The van der Waals surface area contributed by atoms with Gasteiger partial charge in [0.2, 0.25) is 0 Å². The highest BCUT2D eigenvalue weighted by molar-refractivity contribution is 7.92. The van der Waals surface area contributed by atoms with Crippen LogP contribution in [0.25, 0.3) is 0 Å². The van der Waals surface area contributed by atoms with Gasteiger partial charge in [-0.1, -0.05) is 0 Å². The molecule has 0 aromatic heterocycles. The third-order valence-electron chi connectivity index (χ3n) is 2.46. The summed E-state index contributed by atoms with van der Waals surface area (Å²) in [4.78, 5) is -0.781. The molecule has 0 unspecified atom stereocenters. The van der Waals surface area contributed by atoms with Gasteiger partial charge in [-0.3, -0.25) is 0 Å². The molecule has 108 valence electrons. The normalized spacial score (nSPS) is 13.4. The van der Waals surface area contributed by atoms with Crippen molar-refractivity contribution in [2.45, 2.75) is 29.8 Å². The van der Waals surface area contributed by atoms with E-state index in [0.717, 1.165) is 12.1 Å². The van der Waals surface area contributed by atoms with E-state index in [1.54, 1.807) is 0 Å². The summed E-state index contributed by atoms with van der Waals surface area (Å²) < 4.78 is 59.3. The molecule has 8 heteroatoms. The van der Waals surface area contributed by atoms with Crippen molar-refractivity contribution in [1.82, 2.24) is 0 Å². The van der Waals surface area contributed by atoms with Gasteiger partial charge in [0.25, 0.3) is 9.84 Å². The molecule has 0 saturated carbocycles. The zero-order valence-corrected chi connectivity index (χ0v) is 11.3. The van der Waals surface area contributed by atoms with Gasteiger partial charge in [0.05, 0.1) is 4.90 Å². The Morgan fingerprint density at radius 2 is 1.63 bits per heavy atom. The second-order valence-electron chi connectivity index (χ2n) is 4.69. The fourth-order valence-corrected chi connectivity index (χ4v) is 2.05. The average Bonchev–Trinajstić information content (AvgIpc) is 2.28. The van der Waals surface area contributed by atoms with Crippen molar-refractivity contribution in [2.24, 2.45) is 5.73 Å². The van der Waals surface area contributed by atoms with Gasteiger partial charge in [-0.05, 0) is 38.1 Å². The molecule has 0 amide bonds. The van der Waals surface area contributed by atoms with Crippen LogP contribution >= 0.6 is 0 Å². The third-order valence-corrected chi connectivity index (χ3v) is 3.96. The summed E-state index contributed by atoms with van der Waals surface area (Å²) in [6.45, 7) is 3.94. The van der Waals surface area contributed by atoms with E-state index in [4.69, 9.17) is 5.73 Å². The number of nitrogens with one attached hydrogen (secondary N) is 1. The highest BCUT2D eigenvalue weighted by Crippen LogP contribution is 2.30. The summed E-state index contributed by atoms with van der Waals surface area (Å²) in [6.07, 6.45) is 0. The Bertz CT molecular complexity index is 536. The van der Waals surface area contributed by atoms with Crippen molar-refractivity contribution >= 4 is 15.5 Å². The Balaban J connectivity index is 3.02. The maximum atomic E-state index is 12.3. The smallest absolute Gasteiger partial charge is 0.379 e. The number of hydrogen-bond acceptors (Lipinski definition) is 4. The van der Waals surface area contributed by atoms with Crippen LogP contribution < -0.4 is 11.1 Å². The Kier molecular flexibility index (Phi) is 4.16. The molecule has 0 saturated heterocycles. The van der Waals surface area contributed by atoms with E-state index < -0.39 is 25.8 Å². The minimum absolute atomic E-state index is 0.315. The molecule has 0 spiro atoms. The summed E-state index contributed by atoms with van der Waals surface area (Å²) in [6, 6.07) is 4.38. The zero-order valence-electron chi connectivity index (χ0n) is 10.5. The summed E-state index contributed by atoms with van der Waals surface area (Å²) in [5.41, 5.74) is 0.267. The molecule has 0 aliphatic rings. The lowest BCUT2D eigenvalue weighted by molar-refractivity contribution is -0.0436. The number of sulfone groups is 1. The van der Waals surface area contributed by atoms with Gasteiger partial charge >= 0.3 is 5.51 Å². The quantitative estimate of drug-likeness (QED) is 0.893. The number of halogens is 3. The summed E-state index contributed by atoms with van der Waals surface area (Å²) in [5.74, 6) is 0. The molecular formula is C11H15F3N2O2S. The molecule has 0 atom stereocenters. The van der Waals surface area contributed by atoms with Crippen LogP contribution in [-0.4, -0.2) is 26.0 Å².